The molecule has 0 unspecified atom stereocenters. The molecule has 0 atom stereocenters. The Kier molecular flexibility index (Phi) is 7.37. The van der Waals surface area contributed by atoms with Gasteiger partial charge in [0.25, 0.3) is 0 Å². The molecule has 7 nitrogen and oxygen atoms in total. The number of amides is 2. The van der Waals surface area contributed by atoms with Crippen molar-refractivity contribution in [3.05, 3.63) is 24.3 Å². The van der Waals surface area contributed by atoms with Gasteiger partial charge in [0.2, 0.25) is 0 Å². The van der Waals surface area contributed by atoms with Gasteiger partial charge in [0.15, 0.2) is 6.73 Å². The third kappa shape index (κ3) is 5.85. The summed E-state index contributed by atoms with van der Waals surface area (Å²) in [5.41, 5.74) is 0. The van der Waals surface area contributed by atoms with Gasteiger partial charge in [-0.15, -0.1) is 0 Å². The second-order valence-corrected chi connectivity index (χ2v) is 5.69. The Morgan fingerprint density at radius 1 is 1.04 bits per heavy atom. The first-order chi connectivity index (χ1) is 12.1. The summed E-state index contributed by atoms with van der Waals surface area (Å²) in [6.45, 7) is 5.90. The summed E-state index contributed by atoms with van der Waals surface area (Å²) in [4.78, 5) is 25.5. The normalized spacial score (nSPS) is 14.7. The van der Waals surface area contributed by atoms with Gasteiger partial charge in [-0.3, -0.25) is 4.79 Å². The summed E-state index contributed by atoms with van der Waals surface area (Å²) in [6, 6.07) is 7.04. The Balaban J connectivity index is 1.68. The van der Waals surface area contributed by atoms with Crippen LogP contribution in [0.4, 0.5) is 4.79 Å². The van der Waals surface area contributed by atoms with Crippen LogP contribution in [0.5, 0.6) is 11.5 Å². The average Bonchev–Trinajstić information content (AvgIpc) is 2.63. The van der Waals surface area contributed by atoms with Crippen molar-refractivity contribution in [3.63, 3.8) is 0 Å². The first-order valence-corrected chi connectivity index (χ1v) is 8.69. The van der Waals surface area contributed by atoms with E-state index < -0.39 is 0 Å². The van der Waals surface area contributed by atoms with Crippen molar-refractivity contribution in [3.8, 4) is 11.5 Å². The summed E-state index contributed by atoms with van der Waals surface area (Å²) < 4.78 is 15.9. The second kappa shape index (κ2) is 9.76. The molecule has 1 fully saturated rings. The molecule has 1 aliphatic rings. The third-order valence-corrected chi connectivity index (χ3v) is 4.00. The lowest BCUT2D eigenvalue weighted by atomic mass is 9.97. The Hall–Kier alpha value is -2.44. The SMILES string of the molecule is CCOC(=O)C1CCN(C(=O)NCOc2ccc(OCC)cc2)CC1. The highest BCUT2D eigenvalue weighted by Gasteiger charge is 2.28. The smallest absolute Gasteiger partial charge is 0.320 e. The zero-order valence-corrected chi connectivity index (χ0v) is 14.8. The van der Waals surface area contributed by atoms with Crippen LogP contribution < -0.4 is 14.8 Å². The van der Waals surface area contributed by atoms with Crippen molar-refractivity contribution >= 4 is 12.0 Å². The third-order valence-electron chi connectivity index (χ3n) is 4.00. The fourth-order valence-electron chi connectivity index (χ4n) is 2.67. The molecule has 1 N–H and O–H groups in total. The number of nitrogens with one attached hydrogen (secondary N) is 1. The van der Waals surface area contributed by atoms with Gasteiger partial charge in [-0.05, 0) is 51.0 Å². The molecule has 1 saturated heterocycles. The van der Waals surface area contributed by atoms with E-state index in [1.165, 1.54) is 0 Å². The molecular weight excluding hydrogens is 324 g/mol. The van der Waals surface area contributed by atoms with E-state index in [1.54, 1.807) is 24.0 Å². The van der Waals surface area contributed by atoms with E-state index in [2.05, 4.69) is 5.32 Å². The highest BCUT2D eigenvalue weighted by Crippen LogP contribution is 2.19. The summed E-state index contributed by atoms with van der Waals surface area (Å²) in [7, 11) is 0. The molecule has 0 aliphatic carbocycles. The Bertz CT molecular complexity index is 553. The largest absolute Gasteiger partial charge is 0.494 e. The van der Waals surface area contributed by atoms with E-state index in [0.29, 0.717) is 44.9 Å². The molecule has 0 radical (unpaired) electrons. The highest BCUT2D eigenvalue weighted by molar-refractivity contribution is 5.75. The topological polar surface area (TPSA) is 77.1 Å². The van der Waals surface area contributed by atoms with E-state index in [0.717, 1.165) is 5.75 Å². The first-order valence-electron chi connectivity index (χ1n) is 8.69. The second-order valence-electron chi connectivity index (χ2n) is 5.69. The molecule has 1 aromatic carbocycles. The fraction of sp³-hybridized carbons (Fsp3) is 0.556. The molecule has 1 aromatic rings. The van der Waals surface area contributed by atoms with Crippen molar-refractivity contribution in [1.29, 1.82) is 0 Å². The molecule has 138 valence electrons. The summed E-state index contributed by atoms with van der Waals surface area (Å²) >= 11 is 0. The number of rotatable bonds is 7. The highest BCUT2D eigenvalue weighted by atomic mass is 16.5. The zero-order chi connectivity index (χ0) is 18.1. The quantitative estimate of drug-likeness (QED) is 0.604. The minimum Gasteiger partial charge on any atom is -0.494 e. The number of hydrogen-bond donors (Lipinski definition) is 1. The van der Waals surface area contributed by atoms with E-state index in [-0.39, 0.29) is 24.6 Å². The van der Waals surface area contributed by atoms with Gasteiger partial charge in [-0.25, -0.2) is 4.79 Å². The number of piperidine rings is 1. The predicted octanol–water partition coefficient (Wildman–Crippen LogP) is 2.41. The van der Waals surface area contributed by atoms with Crippen LogP contribution in [-0.4, -0.2) is 49.9 Å². The van der Waals surface area contributed by atoms with Gasteiger partial charge < -0.3 is 24.4 Å². The van der Waals surface area contributed by atoms with Crippen molar-refractivity contribution < 1.29 is 23.8 Å². The first kappa shape index (κ1) is 18.9. The molecule has 0 aromatic heterocycles. The molecule has 1 heterocycles. The average molecular weight is 350 g/mol. The maximum Gasteiger partial charge on any atom is 0.320 e. The number of carbonyl (C=O) groups is 2. The van der Waals surface area contributed by atoms with E-state index in [4.69, 9.17) is 14.2 Å². The van der Waals surface area contributed by atoms with Crippen LogP contribution in [0.3, 0.4) is 0 Å². The lowest BCUT2D eigenvalue weighted by Crippen LogP contribution is -2.46. The molecule has 0 saturated carbocycles. The number of ether oxygens (including phenoxy) is 3. The number of carbonyl (C=O) groups excluding carboxylic acids is 2. The van der Waals surface area contributed by atoms with Crippen molar-refractivity contribution in [2.75, 3.05) is 33.0 Å². The molecule has 7 heteroatoms. The van der Waals surface area contributed by atoms with Crippen molar-refractivity contribution in [2.24, 2.45) is 5.92 Å². The zero-order valence-electron chi connectivity index (χ0n) is 14.8. The van der Waals surface area contributed by atoms with Gasteiger partial charge in [-0.2, -0.15) is 0 Å². The number of esters is 1. The number of likely N-dealkylation sites (tertiary alicyclic amines) is 1. The van der Waals surface area contributed by atoms with Crippen molar-refractivity contribution in [1.82, 2.24) is 10.2 Å². The maximum absolute atomic E-state index is 12.1. The van der Waals surface area contributed by atoms with Crippen LogP contribution in [0.25, 0.3) is 0 Å². The summed E-state index contributed by atoms with van der Waals surface area (Å²) in [5.74, 6) is 1.17. The minimum absolute atomic E-state index is 0.0879. The monoisotopic (exact) mass is 350 g/mol. The number of nitrogens with zero attached hydrogens (tertiary/aromatic N) is 1. The fourth-order valence-corrected chi connectivity index (χ4v) is 2.67. The van der Waals surface area contributed by atoms with Gasteiger partial charge in [0, 0.05) is 13.1 Å². The van der Waals surface area contributed by atoms with Gasteiger partial charge in [-0.1, -0.05) is 0 Å². The van der Waals surface area contributed by atoms with Gasteiger partial charge in [0.1, 0.15) is 11.5 Å². The van der Waals surface area contributed by atoms with E-state index in [1.807, 2.05) is 19.1 Å². The van der Waals surface area contributed by atoms with Crippen LogP contribution in [0.2, 0.25) is 0 Å². The molecule has 0 spiro atoms. The van der Waals surface area contributed by atoms with Crippen LogP contribution in [0.1, 0.15) is 26.7 Å². The van der Waals surface area contributed by atoms with Gasteiger partial charge >= 0.3 is 12.0 Å². The van der Waals surface area contributed by atoms with E-state index >= 15 is 0 Å². The van der Waals surface area contributed by atoms with Crippen LogP contribution in [-0.2, 0) is 9.53 Å². The van der Waals surface area contributed by atoms with Crippen LogP contribution in [0, 0.1) is 5.92 Å². The molecule has 0 bridgehead atoms. The molecule has 2 rings (SSSR count). The number of hydrogen-bond acceptors (Lipinski definition) is 5. The Morgan fingerprint density at radius 3 is 2.20 bits per heavy atom. The maximum atomic E-state index is 12.1. The lowest BCUT2D eigenvalue weighted by molar-refractivity contribution is -0.149. The molecule has 2 amide bonds. The number of benzene rings is 1. The standard InChI is InChI=1S/C18H26N2O5/c1-3-23-15-5-7-16(8-6-15)25-13-19-18(22)20-11-9-14(10-12-20)17(21)24-4-2/h5-8,14H,3-4,9-13H2,1-2H3,(H,19,22). The lowest BCUT2D eigenvalue weighted by Gasteiger charge is -2.30. The number of urea groups is 1. The van der Waals surface area contributed by atoms with Crippen LogP contribution >= 0.6 is 0 Å². The van der Waals surface area contributed by atoms with E-state index in [9.17, 15) is 9.59 Å². The molecule has 1 aliphatic heterocycles. The van der Waals surface area contributed by atoms with Gasteiger partial charge in [0.05, 0.1) is 19.1 Å². The molecular formula is C18H26N2O5. The minimum atomic E-state index is -0.187. The molecule has 25 heavy (non-hydrogen) atoms. The Morgan fingerprint density at radius 2 is 1.64 bits per heavy atom. The predicted molar refractivity (Wildman–Crippen MR) is 92.6 cm³/mol. The van der Waals surface area contributed by atoms with Crippen molar-refractivity contribution in [2.45, 2.75) is 26.7 Å². The summed E-state index contributed by atoms with van der Waals surface area (Å²) in [6.07, 6.45) is 1.26. The van der Waals surface area contributed by atoms with Crippen LogP contribution in [0.15, 0.2) is 24.3 Å². The summed E-state index contributed by atoms with van der Waals surface area (Å²) in [5, 5.41) is 2.73. The Labute approximate surface area is 148 Å².